The zero-order valence-corrected chi connectivity index (χ0v) is 10.1. The number of nitrogens with one attached hydrogen (secondary N) is 1. The van der Waals surface area contributed by atoms with Crippen molar-refractivity contribution in [3.8, 4) is 0 Å². The Bertz CT molecular complexity index is 592. The van der Waals surface area contributed by atoms with Crippen LogP contribution in [0.15, 0.2) is 60.4 Å². The molecule has 0 radical (unpaired) electrons. The summed E-state index contributed by atoms with van der Waals surface area (Å²) in [6.45, 7) is 0. The lowest BCUT2D eigenvalue weighted by Gasteiger charge is -2.03. The molecular formula is C15H12N2O2. The van der Waals surface area contributed by atoms with E-state index in [9.17, 15) is 9.59 Å². The summed E-state index contributed by atoms with van der Waals surface area (Å²) >= 11 is 0. The van der Waals surface area contributed by atoms with Crippen molar-refractivity contribution in [2.45, 2.75) is 0 Å². The molecule has 94 valence electrons. The van der Waals surface area contributed by atoms with E-state index in [1.54, 1.807) is 24.3 Å². The minimum absolute atomic E-state index is 0.196. The number of benzene rings is 1. The van der Waals surface area contributed by atoms with Gasteiger partial charge in [-0.1, -0.05) is 36.4 Å². The first kappa shape index (κ1) is 12.7. The summed E-state index contributed by atoms with van der Waals surface area (Å²) in [7, 11) is 0. The van der Waals surface area contributed by atoms with E-state index in [1.807, 2.05) is 30.3 Å². The van der Waals surface area contributed by atoms with Gasteiger partial charge in [0.1, 0.15) is 5.69 Å². The van der Waals surface area contributed by atoms with Crippen LogP contribution in [0.3, 0.4) is 0 Å². The van der Waals surface area contributed by atoms with Crippen LogP contribution in [-0.2, 0) is 4.79 Å². The molecule has 0 aliphatic rings. The third kappa shape index (κ3) is 3.61. The van der Waals surface area contributed by atoms with Crippen LogP contribution in [-0.4, -0.2) is 17.2 Å². The molecule has 1 heterocycles. The van der Waals surface area contributed by atoms with E-state index in [0.29, 0.717) is 6.29 Å². The van der Waals surface area contributed by atoms with Crippen molar-refractivity contribution in [3.05, 3.63) is 71.7 Å². The van der Waals surface area contributed by atoms with Crippen molar-refractivity contribution in [2.24, 2.45) is 0 Å². The number of allylic oxidation sites excluding steroid dienone is 1. The number of carbonyl (C=O) groups is 2. The molecule has 19 heavy (non-hydrogen) atoms. The van der Waals surface area contributed by atoms with Gasteiger partial charge in [-0.25, -0.2) is 0 Å². The number of aromatic nitrogens is 1. The van der Waals surface area contributed by atoms with Gasteiger partial charge < -0.3 is 5.32 Å². The quantitative estimate of drug-likeness (QED) is 0.669. The van der Waals surface area contributed by atoms with Crippen LogP contribution in [0.1, 0.15) is 16.1 Å². The molecular weight excluding hydrogens is 240 g/mol. The Hall–Kier alpha value is -2.75. The minimum Gasteiger partial charge on any atom is -0.318 e. The topological polar surface area (TPSA) is 59.1 Å². The van der Waals surface area contributed by atoms with E-state index in [0.717, 1.165) is 5.56 Å². The second-order valence-electron chi connectivity index (χ2n) is 3.80. The molecule has 0 aliphatic carbocycles. The van der Waals surface area contributed by atoms with Crippen LogP contribution in [0.5, 0.6) is 0 Å². The second kappa shape index (κ2) is 6.26. The van der Waals surface area contributed by atoms with Crippen molar-refractivity contribution in [3.63, 3.8) is 0 Å². The maximum absolute atomic E-state index is 11.8. The normalized spacial score (nSPS) is 10.8. The fourth-order valence-corrected chi connectivity index (χ4v) is 1.52. The minimum atomic E-state index is -0.408. The van der Waals surface area contributed by atoms with Crippen molar-refractivity contribution >= 4 is 18.3 Å². The number of nitrogens with zero attached hydrogens (tertiary/aromatic N) is 1. The highest BCUT2D eigenvalue weighted by atomic mass is 16.2. The van der Waals surface area contributed by atoms with Crippen molar-refractivity contribution in [1.29, 1.82) is 0 Å². The molecule has 1 aromatic carbocycles. The molecule has 1 aromatic heterocycles. The summed E-state index contributed by atoms with van der Waals surface area (Å²) in [6.07, 6.45) is 3.73. The van der Waals surface area contributed by atoms with Crippen molar-refractivity contribution < 1.29 is 9.59 Å². The standard InChI is InChI=1S/C15H12N2O2/c18-11-13(10-12-6-2-1-3-7-12)17-15(19)14-8-4-5-9-16-14/h1-11H,(H,17,19)/b13-10+. The molecule has 1 amide bonds. The Labute approximate surface area is 110 Å². The van der Waals surface area contributed by atoms with E-state index in [-0.39, 0.29) is 11.4 Å². The summed E-state index contributed by atoms with van der Waals surface area (Å²) < 4.78 is 0. The molecule has 2 rings (SSSR count). The number of amides is 1. The van der Waals surface area contributed by atoms with Gasteiger partial charge in [-0.3, -0.25) is 14.6 Å². The maximum atomic E-state index is 11.8. The Morgan fingerprint density at radius 1 is 1.05 bits per heavy atom. The molecule has 0 saturated heterocycles. The van der Waals surface area contributed by atoms with Gasteiger partial charge in [0.25, 0.3) is 5.91 Å². The highest BCUT2D eigenvalue weighted by Crippen LogP contribution is 2.04. The molecule has 0 spiro atoms. The van der Waals surface area contributed by atoms with E-state index < -0.39 is 5.91 Å². The highest BCUT2D eigenvalue weighted by molar-refractivity contribution is 5.98. The third-order valence-corrected chi connectivity index (χ3v) is 2.40. The first-order valence-electron chi connectivity index (χ1n) is 5.74. The molecule has 4 heteroatoms. The van der Waals surface area contributed by atoms with Crippen molar-refractivity contribution in [1.82, 2.24) is 10.3 Å². The monoisotopic (exact) mass is 252 g/mol. The van der Waals surface area contributed by atoms with Gasteiger partial charge in [-0.05, 0) is 23.8 Å². The fourth-order valence-electron chi connectivity index (χ4n) is 1.52. The molecule has 4 nitrogen and oxygen atoms in total. The van der Waals surface area contributed by atoms with Gasteiger partial charge in [0.2, 0.25) is 0 Å². The lowest BCUT2D eigenvalue weighted by atomic mass is 10.2. The van der Waals surface area contributed by atoms with Gasteiger partial charge in [0.15, 0.2) is 6.29 Å². The van der Waals surface area contributed by atoms with E-state index in [4.69, 9.17) is 0 Å². The maximum Gasteiger partial charge on any atom is 0.274 e. The SMILES string of the molecule is O=C/C(=C\c1ccccc1)NC(=O)c1ccccn1. The number of hydrogen-bond acceptors (Lipinski definition) is 3. The summed E-state index contributed by atoms with van der Waals surface area (Å²) in [5.41, 5.74) is 1.30. The van der Waals surface area contributed by atoms with Gasteiger partial charge in [-0.2, -0.15) is 0 Å². The second-order valence-corrected chi connectivity index (χ2v) is 3.80. The van der Waals surface area contributed by atoms with Gasteiger partial charge >= 0.3 is 0 Å². The summed E-state index contributed by atoms with van der Waals surface area (Å²) in [4.78, 5) is 26.7. The average molecular weight is 252 g/mol. The Balaban J connectivity index is 2.14. The first-order valence-corrected chi connectivity index (χ1v) is 5.74. The predicted octanol–water partition coefficient (Wildman–Crippen LogP) is 2.05. The molecule has 2 aromatic rings. The number of rotatable bonds is 4. The first-order chi connectivity index (χ1) is 9.29. The predicted molar refractivity (Wildman–Crippen MR) is 72.2 cm³/mol. The summed E-state index contributed by atoms with van der Waals surface area (Å²) in [5, 5.41) is 2.52. The van der Waals surface area contributed by atoms with Crippen LogP contribution >= 0.6 is 0 Å². The molecule has 0 saturated carbocycles. The Kier molecular flexibility index (Phi) is 4.18. The lowest BCUT2D eigenvalue weighted by Crippen LogP contribution is -2.24. The van der Waals surface area contributed by atoms with Crippen LogP contribution in [0.25, 0.3) is 6.08 Å². The zero-order chi connectivity index (χ0) is 13.5. The molecule has 0 bridgehead atoms. The number of aldehydes is 1. The number of hydrogen-bond donors (Lipinski definition) is 1. The fraction of sp³-hybridized carbons (Fsp3) is 0. The van der Waals surface area contributed by atoms with E-state index in [2.05, 4.69) is 10.3 Å². The molecule has 0 aliphatic heterocycles. The number of pyridine rings is 1. The van der Waals surface area contributed by atoms with Crippen molar-refractivity contribution in [2.75, 3.05) is 0 Å². The Morgan fingerprint density at radius 2 is 1.79 bits per heavy atom. The van der Waals surface area contributed by atoms with Gasteiger partial charge in [0.05, 0.1) is 5.70 Å². The third-order valence-electron chi connectivity index (χ3n) is 2.40. The van der Waals surface area contributed by atoms with Crippen LogP contribution < -0.4 is 5.32 Å². The van der Waals surface area contributed by atoms with Gasteiger partial charge in [-0.15, -0.1) is 0 Å². The van der Waals surface area contributed by atoms with E-state index >= 15 is 0 Å². The molecule has 0 atom stereocenters. The van der Waals surface area contributed by atoms with Crippen LogP contribution in [0, 0.1) is 0 Å². The number of carbonyl (C=O) groups excluding carboxylic acids is 2. The zero-order valence-electron chi connectivity index (χ0n) is 10.1. The summed E-state index contributed by atoms with van der Waals surface area (Å²) in [6, 6.07) is 14.3. The Morgan fingerprint density at radius 3 is 2.42 bits per heavy atom. The average Bonchev–Trinajstić information content (AvgIpc) is 2.48. The van der Waals surface area contributed by atoms with E-state index in [1.165, 1.54) is 6.20 Å². The van der Waals surface area contributed by atoms with Crippen LogP contribution in [0.4, 0.5) is 0 Å². The molecule has 0 unspecified atom stereocenters. The molecule has 1 N–H and O–H groups in total. The highest BCUT2D eigenvalue weighted by Gasteiger charge is 2.07. The van der Waals surface area contributed by atoms with Crippen LogP contribution in [0.2, 0.25) is 0 Å². The van der Waals surface area contributed by atoms with Gasteiger partial charge in [0, 0.05) is 6.20 Å². The lowest BCUT2D eigenvalue weighted by molar-refractivity contribution is -0.105. The smallest absolute Gasteiger partial charge is 0.274 e. The summed E-state index contributed by atoms with van der Waals surface area (Å²) in [5.74, 6) is -0.408. The largest absolute Gasteiger partial charge is 0.318 e. The molecule has 0 fully saturated rings.